The lowest BCUT2D eigenvalue weighted by molar-refractivity contribution is 0.196. The molecule has 0 aromatic carbocycles. The highest BCUT2D eigenvalue weighted by atomic mass is 32.2. The molecule has 0 radical (unpaired) electrons. The summed E-state index contributed by atoms with van der Waals surface area (Å²) in [6.07, 6.45) is 1.38. The van der Waals surface area contributed by atoms with Crippen LogP contribution >= 0.6 is 11.8 Å². The molecule has 0 saturated carbocycles. The van der Waals surface area contributed by atoms with Crippen LogP contribution in [0.4, 0.5) is 0 Å². The minimum Gasteiger partial charge on any atom is -0.392 e. The van der Waals surface area contributed by atoms with E-state index in [1.807, 2.05) is 26.0 Å². The maximum absolute atomic E-state index is 12.0. The standard InChI is InChI=1S/C14H18N2O2S/c1-9-4-5-16-13(6-9)15-12(7-14(16)18)8-19-11(3)10(2)17/h4-7,10-11,17H,8H2,1-3H3. The van der Waals surface area contributed by atoms with Gasteiger partial charge in [-0.05, 0) is 31.5 Å². The highest BCUT2D eigenvalue weighted by Crippen LogP contribution is 2.18. The molecule has 2 rings (SSSR count). The summed E-state index contributed by atoms with van der Waals surface area (Å²) in [6.45, 7) is 5.71. The van der Waals surface area contributed by atoms with Crippen molar-refractivity contribution in [2.75, 3.05) is 0 Å². The second-order valence-electron chi connectivity index (χ2n) is 4.77. The van der Waals surface area contributed by atoms with Crippen LogP contribution in [0.15, 0.2) is 29.2 Å². The van der Waals surface area contributed by atoms with Gasteiger partial charge in [-0.15, -0.1) is 11.8 Å². The van der Waals surface area contributed by atoms with Gasteiger partial charge in [0.15, 0.2) is 0 Å². The molecule has 0 aliphatic rings. The van der Waals surface area contributed by atoms with E-state index in [4.69, 9.17) is 0 Å². The van der Waals surface area contributed by atoms with Gasteiger partial charge in [0.05, 0.1) is 11.8 Å². The van der Waals surface area contributed by atoms with Crippen LogP contribution in [0.3, 0.4) is 0 Å². The molecule has 2 aromatic rings. The first-order valence-corrected chi connectivity index (χ1v) is 7.31. The summed E-state index contributed by atoms with van der Waals surface area (Å²) in [4.78, 5) is 16.4. The Kier molecular flexibility index (Phi) is 4.27. The predicted molar refractivity (Wildman–Crippen MR) is 78.6 cm³/mol. The van der Waals surface area contributed by atoms with Gasteiger partial charge in [-0.2, -0.15) is 0 Å². The number of aliphatic hydroxyl groups excluding tert-OH is 1. The first kappa shape index (κ1) is 14.1. The smallest absolute Gasteiger partial charge is 0.258 e. The Balaban J connectivity index is 2.27. The molecule has 102 valence electrons. The maximum atomic E-state index is 12.0. The third-order valence-corrected chi connectivity index (χ3v) is 4.43. The van der Waals surface area contributed by atoms with Crippen LogP contribution in [0, 0.1) is 6.92 Å². The molecule has 2 aromatic heterocycles. The lowest BCUT2D eigenvalue weighted by Gasteiger charge is -2.13. The first-order chi connectivity index (χ1) is 8.97. The monoisotopic (exact) mass is 278 g/mol. The third-order valence-electron chi connectivity index (χ3n) is 3.05. The van der Waals surface area contributed by atoms with Crippen LogP contribution in [0.2, 0.25) is 0 Å². The Bertz CT molecular complexity index is 637. The average Bonchev–Trinajstić information content (AvgIpc) is 2.35. The zero-order valence-electron chi connectivity index (χ0n) is 11.3. The first-order valence-electron chi connectivity index (χ1n) is 6.26. The number of rotatable bonds is 4. The molecular formula is C14H18N2O2S. The number of fused-ring (bicyclic) bond motifs is 1. The summed E-state index contributed by atoms with van der Waals surface area (Å²) >= 11 is 1.60. The van der Waals surface area contributed by atoms with E-state index in [1.54, 1.807) is 35.3 Å². The minimum absolute atomic E-state index is 0.0645. The molecular weight excluding hydrogens is 260 g/mol. The van der Waals surface area contributed by atoms with E-state index in [1.165, 1.54) is 0 Å². The van der Waals surface area contributed by atoms with E-state index >= 15 is 0 Å². The number of aromatic nitrogens is 2. The minimum atomic E-state index is -0.367. The van der Waals surface area contributed by atoms with E-state index in [-0.39, 0.29) is 16.9 Å². The van der Waals surface area contributed by atoms with Gasteiger partial charge in [0.2, 0.25) is 0 Å². The second-order valence-corrected chi connectivity index (χ2v) is 6.14. The molecule has 0 spiro atoms. The molecule has 0 aliphatic carbocycles. The molecule has 0 fully saturated rings. The highest BCUT2D eigenvalue weighted by Gasteiger charge is 2.10. The van der Waals surface area contributed by atoms with Crippen molar-refractivity contribution in [1.29, 1.82) is 0 Å². The van der Waals surface area contributed by atoms with Gasteiger partial charge in [0.25, 0.3) is 5.56 Å². The third kappa shape index (κ3) is 3.36. The summed E-state index contributed by atoms with van der Waals surface area (Å²) in [7, 11) is 0. The van der Waals surface area contributed by atoms with Crippen molar-refractivity contribution >= 4 is 17.4 Å². The molecule has 0 aliphatic heterocycles. The van der Waals surface area contributed by atoms with Crippen molar-refractivity contribution in [3.63, 3.8) is 0 Å². The van der Waals surface area contributed by atoms with Gasteiger partial charge in [-0.3, -0.25) is 9.20 Å². The zero-order valence-corrected chi connectivity index (χ0v) is 12.1. The van der Waals surface area contributed by atoms with Gasteiger partial charge >= 0.3 is 0 Å². The van der Waals surface area contributed by atoms with Crippen molar-refractivity contribution < 1.29 is 5.11 Å². The van der Waals surface area contributed by atoms with Crippen molar-refractivity contribution in [3.05, 3.63) is 46.0 Å². The van der Waals surface area contributed by atoms with Gasteiger partial charge in [-0.1, -0.05) is 6.92 Å². The molecule has 0 saturated heterocycles. The molecule has 0 bridgehead atoms. The number of nitrogens with zero attached hydrogens (tertiary/aromatic N) is 2. The molecule has 5 heteroatoms. The quantitative estimate of drug-likeness (QED) is 0.929. The highest BCUT2D eigenvalue weighted by molar-refractivity contribution is 7.99. The van der Waals surface area contributed by atoms with Crippen molar-refractivity contribution in [2.24, 2.45) is 0 Å². The molecule has 2 heterocycles. The van der Waals surface area contributed by atoms with E-state index in [0.29, 0.717) is 11.4 Å². The van der Waals surface area contributed by atoms with Gasteiger partial charge in [-0.25, -0.2) is 4.98 Å². The summed E-state index contributed by atoms with van der Waals surface area (Å²) in [6, 6.07) is 5.35. The second kappa shape index (κ2) is 5.75. The molecule has 4 nitrogen and oxygen atoms in total. The Morgan fingerprint density at radius 2 is 2.16 bits per heavy atom. The number of aryl methyl sites for hydroxylation is 1. The van der Waals surface area contributed by atoms with Crippen LogP contribution in [-0.4, -0.2) is 25.8 Å². The Morgan fingerprint density at radius 3 is 2.84 bits per heavy atom. The fourth-order valence-electron chi connectivity index (χ4n) is 1.68. The Labute approximate surface area is 116 Å². The van der Waals surface area contributed by atoms with E-state index < -0.39 is 0 Å². The molecule has 2 atom stereocenters. The van der Waals surface area contributed by atoms with Crippen LogP contribution in [0.5, 0.6) is 0 Å². The number of hydrogen-bond acceptors (Lipinski definition) is 4. The lowest BCUT2D eigenvalue weighted by atomic mass is 10.3. The van der Waals surface area contributed by atoms with Crippen LogP contribution in [0.1, 0.15) is 25.1 Å². The average molecular weight is 278 g/mol. The van der Waals surface area contributed by atoms with Crippen molar-refractivity contribution in [1.82, 2.24) is 9.38 Å². The van der Waals surface area contributed by atoms with E-state index in [9.17, 15) is 9.90 Å². The topological polar surface area (TPSA) is 54.6 Å². The summed E-state index contributed by atoms with van der Waals surface area (Å²) in [5.74, 6) is 0.631. The summed E-state index contributed by atoms with van der Waals surface area (Å²) in [5.41, 5.74) is 2.44. The van der Waals surface area contributed by atoms with Crippen LogP contribution in [0.25, 0.3) is 5.65 Å². The number of hydrogen-bond donors (Lipinski definition) is 1. The lowest BCUT2D eigenvalue weighted by Crippen LogP contribution is -2.17. The zero-order chi connectivity index (χ0) is 14.0. The molecule has 0 amide bonds. The molecule has 2 unspecified atom stereocenters. The van der Waals surface area contributed by atoms with Gasteiger partial charge < -0.3 is 5.11 Å². The number of pyridine rings is 1. The number of thioether (sulfide) groups is 1. The normalized spacial score (nSPS) is 14.5. The Hall–Kier alpha value is -1.33. The summed E-state index contributed by atoms with van der Waals surface area (Å²) in [5, 5.41) is 9.58. The largest absolute Gasteiger partial charge is 0.392 e. The van der Waals surface area contributed by atoms with Crippen LogP contribution in [-0.2, 0) is 5.75 Å². The SMILES string of the molecule is Cc1ccn2c(=O)cc(CSC(C)C(C)O)nc2c1. The van der Waals surface area contributed by atoms with Crippen molar-refractivity contribution in [2.45, 2.75) is 37.9 Å². The fourth-order valence-corrected chi connectivity index (χ4v) is 2.54. The molecule has 19 heavy (non-hydrogen) atoms. The van der Waals surface area contributed by atoms with Gasteiger partial charge in [0.1, 0.15) is 5.65 Å². The van der Waals surface area contributed by atoms with Gasteiger partial charge in [0, 0.05) is 23.3 Å². The van der Waals surface area contributed by atoms with Crippen LogP contribution < -0.4 is 5.56 Å². The Morgan fingerprint density at radius 1 is 1.42 bits per heavy atom. The maximum Gasteiger partial charge on any atom is 0.258 e. The molecule has 1 N–H and O–H groups in total. The summed E-state index contributed by atoms with van der Waals surface area (Å²) < 4.78 is 1.54. The number of aliphatic hydroxyl groups is 1. The van der Waals surface area contributed by atoms with Crippen molar-refractivity contribution in [3.8, 4) is 0 Å². The fraction of sp³-hybridized carbons (Fsp3) is 0.429. The van der Waals surface area contributed by atoms with E-state index in [0.717, 1.165) is 11.3 Å². The van der Waals surface area contributed by atoms with E-state index in [2.05, 4.69) is 4.98 Å². The predicted octanol–water partition coefficient (Wildman–Crippen LogP) is 2.01.